The van der Waals surface area contributed by atoms with Crippen molar-refractivity contribution >= 4 is 23.2 Å². The van der Waals surface area contributed by atoms with Crippen molar-refractivity contribution < 1.29 is 14.5 Å². The highest BCUT2D eigenvalue weighted by molar-refractivity contribution is 6.23. The lowest BCUT2D eigenvalue weighted by atomic mass is 9.85. The third-order valence-electron chi connectivity index (χ3n) is 6.17. The number of anilines is 1. The number of rotatable bonds is 2. The summed E-state index contributed by atoms with van der Waals surface area (Å²) in [5, 5.41) is 10.7. The van der Waals surface area contributed by atoms with Crippen LogP contribution < -0.4 is 4.90 Å². The van der Waals surface area contributed by atoms with Gasteiger partial charge in [0.05, 0.1) is 22.4 Å². The standard InChI is InChI=1S/C17H14N2O4/c20-15-13-11-5-6-12(17(11)7-8-17)14(13)16(21)18(15)9-1-3-10(4-2-9)19(22)23/h1-6,11-14H,7-8H2/t11-,12+,13+,14-. The van der Waals surface area contributed by atoms with Gasteiger partial charge in [0.1, 0.15) is 0 Å². The number of nitro groups is 1. The van der Waals surface area contributed by atoms with Crippen molar-refractivity contribution in [2.45, 2.75) is 12.8 Å². The summed E-state index contributed by atoms with van der Waals surface area (Å²) in [4.78, 5) is 37.2. The van der Waals surface area contributed by atoms with Gasteiger partial charge in [0.2, 0.25) is 11.8 Å². The molecule has 1 spiro atoms. The summed E-state index contributed by atoms with van der Waals surface area (Å²) in [5.74, 6) is -0.381. The van der Waals surface area contributed by atoms with Gasteiger partial charge in [-0.05, 0) is 42.2 Å². The maximum Gasteiger partial charge on any atom is 0.269 e. The minimum absolute atomic E-state index is 0.0493. The first kappa shape index (κ1) is 13.0. The molecule has 6 nitrogen and oxygen atoms in total. The highest BCUT2D eigenvalue weighted by Gasteiger charge is 2.73. The molecule has 23 heavy (non-hydrogen) atoms. The molecule has 0 radical (unpaired) electrons. The van der Waals surface area contributed by atoms with E-state index in [0.29, 0.717) is 5.69 Å². The van der Waals surface area contributed by atoms with Crippen LogP contribution in [0.4, 0.5) is 11.4 Å². The van der Waals surface area contributed by atoms with E-state index in [9.17, 15) is 19.7 Å². The van der Waals surface area contributed by atoms with Crippen LogP contribution in [0.5, 0.6) is 0 Å². The number of fused-ring (bicyclic) bond motifs is 3. The van der Waals surface area contributed by atoms with Crippen LogP contribution in [0.2, 0.25) is 0 Å². The maximum absolute atomic E-state index is 12.9. The van der Waals surface area contributed by atoms with Crippen molar-refractivity contribution in [3.63, 3.8) is 0 Å². The van der Waals surface area contributed by atoms with E-state index < -0.39 is 4.92 Å². The Bertz CT molecular complexity index is 759. The molecule has 0 aromatic heterocycles. The smallest absolute Gasteiger partial charge is 0.269 e. The molecule has 2 bridgehead atoms. The average Bonchev–Trinajstić information content (AvgIpc) is 3.13. The third-order valence-corrected chi connectivity index (χ3v) is 6.17. The molecule has 0 N–H and O–H groups in total. The molecular weight excluding hydrogens is 296 g/mol. The fraction of sp³-hybridized carbons (Fsp3) is 0.412. The van der Waals surface area contributed by atoms with Gasteiger partial charge in [-0.15, -0.1) is 0 Å². The summed E-state index contributed by atoms with van der Waals surface area (Å²) in [5.41, 5.74) is 0.568. The molecule has 1 aromatic rings. The molecule has 5 rings (SSSR count). The van der Waals surface area contributed by atoms with Crippen LogP contribution in [0.15, 0.2) is 36.4 Å². The number of benzene rings is 1. The maximum atomic E-state index is 12.9. The van der Waals surface area contributed by atoms with Gasteiger partial charge in [-0.3, -0.25) is 24.6 Å². The lowest BCUT2D eigenvalue weighted by molar-refractivity contribution is -0.384. The molecule has 1 aliphatic heterocycles. The quantitative estimate of drug-likeness (QED) is 0.363. The topological polar surface area (TPSA) is 80.5 Å². The summed E-state index contributed by atoms with van der Waals surface area (Å²) in [6.45, 7) is 0. The van der Waals surface area contributed by atoms with Gasteiger partial charge >= 0.3 is 0 Å². The predicted molar refractivity (Wildman–Crippen MR) is 80.4 cm³/mol. The predicted octanol–water partition coefficient (Wildman–Crippen LogP) is 2.30. The summed E-state index contributed by atoms with van der Waals surface area (Å²) in [6, 6.07) is 5.63. The molecule has 116 valence electrons. The summed E-state index contributed by atoms with van der Waals surface area (Å²) >= 11 is 0. The molecule has 4 aliphatic rings. The van der Waals surface area contributed by atoms with Crippen molar-refractivity contribution in [1.82, 2.24) is 0 Å². The van der Waals surface area contributed by atoms with E-state index >= 15 is 0 Å². The van der Waals surface area contributed by atoms with E-state index in [0.717, 1.165) is 12.8 Å². The van der Waals surface area contributed by atoms with Crippen molar-refractivity contribution in [3.05, 3.63) is 46.5 Å². The van der Waals surface area contributed by atoms with Crippen LogP contribution in [0.1, 0.15) is 12.8 Å². The molecule has 1 heterocycles. The van der Waals surface area contributed by atoms with Crippen molar-refractivity contribution in [3.8, 4) is 0 Å². The first-order valence-corrected chi connectivity index (χ1v) is 7.85. The highest BCUT2D eigenvalue weighted by Crippen LogP contribution is 2.73. The van der Waals surface area contributed by atoms with Gasteiger partial charge in [-0.25, -0.2) is 0 Å². The molecular formula is C17H14N2O4. The van der Waals surface area contributed by atoms with E-state index in [-0.39, 0.29) is 46.6 Å². The monoisotopic (exact) mass is 310 g/mol. The van der Waals surface area contributed by atoms with Crippen molar-refractivity contribution in [1.29, 1.82) is 0 Å². The largest absolute Gasteiger partial charge is 0.274 e. The Balaban J connectivity index is 1.52. The summed E-state index contributed by atoms with van der Waals surface area (Å²) in [6.07, 6.45) is 6.48. The molecule has 2 amide bonds. The number of non-ortho nitro benzene ring substituents is 1. The van der Waals surface area contributed by atoms with E-state index in [2.05, 4.69) is 12.2 Å². The van der Waals surface area contributed by atoms with Gasteiger partial charge in [-0.1, -0.05) is 12.2 Å². The number of carbonyl (C=O) groups excluding carboxylic acids is 2. The summed E-state index contributed by atoms with van der Waals surface area (Å²) in [7, 11) is 0. The van der Waals surface area contributed by atoms with Gasteiger partial charge in [0.25, 0.3) is 5.69 Å². The molecule has 3 aliphatic carbocycles. The van der Waals surface area contributed by atoms with Crippen LogP contribution in [0.25, 0.3) is 0 Å². The van der Waals surface area contributed by atoms with Crippen molar-refractivity contribution in [2.75, 3.05) is 4.90 Å². The first-order chi connectivity index (χ1) is 11.0. The number of hydrogen-bond acceptors (Lipinski definition) is 4. The van der Waals surface area contributed by atoms with Gasteiger partial charge < -0.3 is 0 Å². The van der Waals surface area contributed by atoms with E-state index in [1.807, 2.05) is 0 Å². The average molecular weight is 310 g/mol. The van der Waals surface area contributed by atoms with E-state index in [1.54, 1.807) is 0 Å². The minimum atomic E-state index is -0.493. The second-order valence-electron chi connectivity index (χ2n) is 7.01. The fourth-order valence-electron chi connectivity index (χ4n) is 5.06. The second-order valence-corrected chi connectivity index (χ2v) is 7.01. The lowest BCUT2D eigenvalue weighted by Gasteiger charge is -2.21. The normalized spacial score (nSPS) is 35.2. The van der Waals surface area contributed by atoms with Crippen molar-refractivity contribution in [2.24, 2.45) is 29.1 Å². The number of amides is 2. The van der Waals surface area contributed by atoms with E-state index in [4.69, 9.17) is 0 Å². The number of carbonyl (C=O) groups is 2. The molecule has 6 heteroatoms. The number of imide groups is 1. The second kappa shape index (κ2) is 3.88. The number of hydrogen-bond donors (Lipinski definition) is 0. The van der Waals surface area contributed by atoms with Gasteiger partial charge in [0.15, 0.2) is 0 Å². The Morgan fingerprint density at radius 2 is 1.52 bits per heavy atom. The van der Waals surface area contributed by atoms with Crippen LogP contribution in [-0.2, 0) is 9.59 Å². The summed E-state index contributed by atoms with van der Waals surface area (Å²) < 4.78 is 0. The lowest BCUT2D eigenvalue weighted by Crippen LogP contribution is -2.34. The number of nitro benzene ring substituents is 1. The van der Waals surface area contributed by atoms with Crippen LogP contribution in [-0.4, -0.2) is 16.7 Å². The van der Waals surface area contributed by atoms with Crippen LogP contribution >= 0.6 is 0 Å². The first-order valence-electron chi connectivity index (χ1n) is 7.85. The van der Waals surface area contributed by atoms with Crippen LogP contribution in [0.3, 0.4) is 0 Å². The minimum Gasteiger partial charge on any atom is -0.274 e. The zero-order valence-electron chi connectivity index (χ0n) is 12.2. The SMILES string of the molecule is O=C1[C@@H]2[C@H](C(=O)N1c1ccc([N+](=O)[O-])cc1)[C@@H]1C=C[C@H]2C12CC2. The zero-order valence-corrected chi connectivity index (χ0v) is 12.2. The number of allylic oxidation sites excluding steroid dienone is 2. The Morgan fingerprint density at radius 3 is 1.96 bits per heavy atom. The van der Waals surface area contributed by atoms with E-state index in [1.165, 1.54) is 29.2 Å². The van der Waals surface area contributed by atoms with Gasteiger partial charge in [0, 0.05) is 12.1 Å². The third kappa shape index (κ3) is 1.39. The molecule has 1 saturated heterocycles. The zero-order chi connectivity index (χ0) is 15.9. The molecule has 4 atom stereocenters. The Morgan fingerprint density at radius 1 is 1.00 bits per heavy atom. The Kier molecular flexibility index (Phi) is 2.19. The molecule has 2 saturated carbocycles. The van der Waals surface area contributed by atoms with Crippen LogP contribution in [0, 0.1) is 39.2 Å². The Hall–Kier alpha value is -2.50. The highest BCUT2D eigenvalue weighted by atomic mass is 16.6. The fourth-order valence-corrected chi connectivity index (χ4v) is 5.06. The molecule has 3 fully saturated rings. The molecule has 0 unspecified atom stereocenters. The Labute approximate surface area is 131 Å². The molecule has 1 aromatic carbocycles. The van der Waals surface area contributed by atoms with Gasteiger partial charge in [-0.2, -0.15) is 0 Å². The number of nitrogens with zero attached hydrogens (tertiary/aromatic N) is 2.